The quantitative estimate of drug-likeness (QED) is 0.421. The number of nitrogens with zero attached hydrogens (tertiary/aromatic N) is 3. The fourth-order valence-corrected chi connectivity index (χ4v) is 3.59. The van der Waals surface area contributed by atoms with Gasteiger partial charge in [-0.15, -0.1) is 0 Å². The van der Waals surface area contributed by atoms with Crippen molar-refractivity contribution in [1.82, 2.24) is 14.5 Å². The van der Waals surface area contributed by atoms with Crippen LogP contribution in [0.4, 0.5) is 10.3 Å². The monoisotopic (exact) mass is 456 g/mol. The zero-order chi connectivity index (χ0) is 24.1. The number of halogens is 1. The van der Waals surface area contributed by atoms with Crippen LogP contribution in [-0.2, 0) is 4.79 Å². The standard InChI is InChI=1S/C27H25FN4O2/c1-3-31(26(34)22-11-7-8-12-23(22)28)18-25(33)30-27-29-24(20-9-5-4-6-10-20)17-32(27)21-15-13-19(2)14-16-21/h4-17H,3,18H2,1-2H3,(H,29,30,33). The van der Waals surface area contributed by atoms with Gasteiger partial charge in [-0.1, -0.05) is 60.2 Å². The van der Waals surface area contributed by atoms with Gasteiger partial charge in [-0.25, -0.2) is 9.37 Å². The van der Waals surface area contributed by atoms with Gasteiger partial charge < -0.3 is 4.90 Å². The Bertz CT molecular complexity index is 1300. The third-order valence-corrected chi connectivity index (χ3v) is 5.45. The zero-order valence-electron chi connectivity index (χ0n) is 19.0. The number of likely N-dealkylation sites (N-methyl/N-ethyl adjacent to an activating group) is 1. The van der Waals surface area contributed by atoms with E-state index < -0.39 is 17.6 Å². The van der Waals surface area contributed by atoms with E-state index in [1.54, 1.807) is 17.6 Å². The molecule has 4 aromatic rings. The molecule has 0 aliphatic rings. The summed E-state index contributed by atoms with van der Waals surface area (Å²) in [5.41, 5.74) is 3.50. The zero-order valence-corrected chi connectivity index (χ0v) is 19.0. The first kappa shape index (κ1) is 22.9. The van der Waals surface area contributed by atoms with Gasteiger partial charge in [-0.3, -0.25) is 19.5 Å². The average molecular weight is 457 g/mol. The van der Waals surface area contributed by atoms with Gasteiger partial charge in [-0.05, 0) is 38.1 Å². The summed E-state index contributed by atoms with van der Waals surface area (Å²) < 4.78 is 15.9. The summed E-state index contributed by atoms with van der Waals surface area (Å²) in [5, 5.41) is 2.82. The molecule has 7 heteroatoms. The van der Waals surface area contributed by atoms with E-state index in [9.17, 15) is 14.0 Å². The largest absolute Gasteiger partial charge is 0.330 e. The number of hydrogen-bond donors (Lipinski definition) is 1. The average Bonchev–Trinajstić information content (AvgIpc) is 3.27. The Morgan fingerprint density at radius 3 is 2.32 bits per heavy atom. The first-order valence-corrected chi connectivity index (χ1v) is 11.0. The maximum Gasteiger partial charge on any atom is 0.257 e. The molecule has 0 aliphatic heterocycles. The maximum absolute atomic E-state index is 14.1. The molecule has 4 rings (SSSR count). The summed E-state index contributed by atoms with van der Waals surface area (Å²) in [6, 6.07) is 23.3. The molecule has 0 atom stereocenters. The number of carbonyl (C=O) groups excluding carboxylic acids is 2. The van der Waals surface area contributed by atoms with Gasteiger partial charge >= 0.3 is 0 Å². The van der Waals surface area contributed by atoms with E-state index in [-0.39, 0.29) is 18.7 Å². The van der Waals surface area contributed by atoms with E-state index >= 15 is 0 Å². The van der Waals surface area contributed by atoms with Crippen LogP contribution in [0.3, 0.4) is 0 Å². The summed E-state index contributed by atoms with van der Waals surface area (Å²) >= 11 is 0. The van der Waals surface area contributed by atoms with Crippen LogP contribution in [0, 0.1) is 12.7 Å². The normalized spacial score (nSPS) is 10.7. The molecule has 0 bridgehead atoms. The number of imidazole rings is 1. The van der Waals surface area contributed by atoms with Crippen molar-refractivity contribution in [3.63, 3.8) is 0 Å². The highest BCUT2D eigenvalue weighted by Crippen LogP contribution is 2.24. The number of carbonyl (C=O) groups is 2. The molecule has 1 heterocycles. The first-order chi connectivity index (χ1) is 16.5. The summed E-state index contributed by atoms with van der Waals surface area (Å²) in [6.07, 6.45) is 1.86. The predicted molar refractivity (Wildman–Crippen MR) is 130 cm³/mol. The molecule has 0 saturated carbocycles. The Balaban J connectivity index is 1.60. The lowest BCUT2D eigenvalue weighted by Gasteiger charge is -2.20. The third kappa shape index (κ3) is 5.04. The number of nitrogens with one attached hydrogen (secondary N) is 1. The lowest BCUT2D eigenvalue weighted by atomic mass is 10.2. The number of rotatable bonds is 7. The minimum absolute atomic E-state index is 0.0651. The van der Waals surface area contributed by atoms with E-state index in [4.69, 9.17) is 0 Å². The second-order valence-electron chi connectivity index (χ2n) is 7.87. The number of hydrogen-bond acceptors (Lipinski definition) is 3. The molecule has 0 saturated heterocycles. The molecule has 3 aromatic carbocycles. The van der Waals surface area contributed by atoms with Crippen LogP contribution in [0.15, 0.2) is 85.1 Å². The highest BCUT2D eigenvalue weighted by Gasteiger charge is 2.21. The lowest BCUT2D eigenvalue weighted by molar-refractivity contribution is -0.116. The molecule has 2 amide bonds. The van der Waals surface area contributed by atoms with Crippen molar-refractivity contribution in [3.8, 4) is 16.9 Å². The Labute approximate surface area is 197 Å². The Kier molecular flexibility index (Phi) is 6.82. The summed E-state index contributed by atoms with van der Waals surface area (Å²) in [4.78, 5) is 31.6. The van der Waals surface area contributed by atoms with Crippen LogP contribution in [0.1, 0.15) is 22.8 Å². The summed E-state index contributed by atoms with van der Waals surface area (Å²) in [7, 11) is 0. The lowest BCUT2D eigenvalue weighted by Crippen LogP contribution is -2.38. The van der Waals surface area contributed by atoms with Crippen molar-refractivity contribution < 1.29 is 14.0 Å². The van der Waals surface area contributed by atoms with Crippen LogP contribution >= 0.6 is 0 Å². The van der Waals surface area contributed by atoms with Crippen LogP contribution in [0.5, 0.6) is 0 Å². The first-order valence-electron chi connectivity index (χ1n) is 11.0. The number of benzene rings is 3. The van der Waals surface area contributed by atoms with Gasteiger partial charge in [0.25, 0.3) is 5.91 Å². The Hall–Kier alpha value is -4.26. The second kappa shape index (κ2) is 10.1. The SMILES string of the molecule is CCN(CC(=O)Nc1nc(-c2ccccc2)cn1-c1ccc(C)cc1)C(=O)c1ccccc1F. The minimum atomic E-state index is -0.617. The van der Waals surface area contributed by atoms with E-state index in [0.717, 1.165) is 16.8 Å². The number of aromatic nitrogens is 2. The van der Waals surface area contributed by atoms with E-state index in [2.05, 4.69) is 10.3 Å². The van der Waals surface area contributed by atoms with Gasteiger partial charge in [0.1, 0.15) is 12.4 Å². The van der Waals surface area contributed by atoms with Crippen molar-refractivity contribution in [1.29, 1.82) is 0 Å². The van der Waals surface area contributed by atoms with Gasteiger partial charge in [0.15, 0.2) is 0 Å². The molecule has 1 N–H and O–H groups in total. The Morgan fingerprint density at radius 2 is 1.65 bits per heavy atom. The minimum Gasteiger partial charge on any atom is -0.330 e. The highest BCUT2D eigenvalue weighted by molar-refractivity contribution is 5.99. The van der Waals surface area contributed by atoms with Crippen molar-refractivity contribution in [2.24, 2.45) is 0 Å². The molecule has 0 radical (unpaired) electrons. The molecule has 172 valence electrons. The van der Waals surface area contributed by atoms with Crippen molar-refractivity contribution in [3.05, 3.63) is 102 Å². The molecule has 6 nitrogen and oxygen atoms in total. The summed E-state index contributed by atoms with van der Waals surface area (Å²) in [6.45, 7) is 3.77. The van der Waals surface area contributed by atoms with Crippen LogP contribution in [-0.4, -0.2) is 39.4 Å². The second-order valence-corrected chi connectivity index (χ2v) is 7.87. The number of anilines is 1. The van der Waals surface area contributed by atoms with E-state index in [0.29, 0.717) is 11.6 Å². The summed E-state index contributed by atoms with van der Waals surface area (Å²) in [5.74, 6) is -1.25. The van der Waals surface area contributed by atoms with Crippen molar-refractivity contribution >= 4 is 17.8 Å². The predicted octanol–water partition coefficient (Wildman–Crippen LogP) is 5.09. The molecule has 0 aliphatic carbocycles. The molecular weight excluding hydrogens is 431 g/mol. The third-order valence-electron chi connectivity index (χ3n) is 5.45. The van der Waals surface area contributed by atoms with Crippen LogP contribution in [0.25, 0.3) is 16.9 Å². The fraction of sp³-hybridized carbons (Fsp3) is 0.148. The molecule has 34 heavy (non-hydrogen) atoms. The van der Waals surface area contributed by atoms with Gasteiger partial charge in [0.05, 0.1) is 11.3 Å². The highest BCUT2D eigenvalue weighted by atomic mass is 19.1. The van der Waals surface area contributed by atoms with Gasteiger partial charge in [0, 0.05) is 24.0 Å². The molecule has 0 unspecified atom stereocenters. The molecule has 1 aromatic heterocycles. The smallest absolute Gasteiger partial charge is 0.257 e. The molecule has 0 spiro atoms. The topological polar surface area (TPSA) is 67.2 Å². The fourth-order valence-electron chi connectivity index (χ4n) is 3.59. The molecule has 0 fully saturated rings. The van der Waals surface area contributed by atoms with E-state index in [1.165, 1.54) is 23.1 Å². The van der Waals surface area contributed by atoms with Gasteiger partial charge in [0.2, 0.25) is 11.9 Å². The molecular formula is C27H25FN4O2. The van der Waals surface area contributed by atoms with Gasteiger partial charge in [-0.2, -0.15) is 0 Å². The number of aryl methyl sites for hydroxylation is 1. The van der Waals surface area contributed by atoms with E-state index in [1.807, 2.05) is 67.7 Å². The van der Waals surface area contributed by atoms with Crippen molar-refractivity contribution in [2.45, 2.75) is 13.8 Å². The number of amides is 2. The maximum atomic E-state index is 14.1. The van der Waals surface area contributed by atoms with Crippen molar-refractivity contribution in [2.75, 3.05) is 18.4 Å². The Morgan fingerprint density at radius 1 is 0.971 bits per heavy atom. The van der Waals surface area contributed by atoms with Crippen LogP contribution in [0.2, 0.25) is 0 Å². The van der Waals surface area contributed by atoms with Crippen LogP contribution < -0.4 is 5.32 Å².